The SMILES string of the molecule is CCCC(C(=O)NC=O)N1Cc2c(NC(=O)CCNCCOCCNC)cccc2C1=O. The summed E-state index contributed by atoms with van der Waals surface area (Å²) in [7, 11) is 1.86. The highest BCUT2D eigenvalue weighted by atomic mass is 16.5. The Morgan fingerprint density at radius 3 is 2.72 bits per heavy atom. The van der Waals surface area contributed by atoms with Gasteiger partial charge in [-0.15, -0.1) is 0 Å². The highest BCUT2D eigenvalue weighted by Gasteiger charge is 2.37. The zero-order valence-electron chi connectivity index (χ0n) is 18.7. The predicted octanol–water partition coefficient (Wildman–Crippen LogP) is 0.238. The fourth-order valence-electron chi connectivity index (χ4n) is 3.54. The van der Waals surface area contributed by atoms with Crippen molar-refractivity contribution in [1.82, 2.24) is 20.9 Å². The molecule has 0 aliphatic carbocycles. The third-order valence-electron chi connectivity index (χ3n) is 5.16. The van der Waals surface area contributed by atoms with Crippen LogP contribution >= 0.6 is 0 Å². The van der Waals surface area contributed by atoms with Gasteiger partial charge in [0.1, 0.15) is 6.04 Å². The fourth-order valence-corrected chi connectivity index (χ4v) is 3.54. The average Bonchev–Trinajstić information content (AvgIpc) is 3.11. The first-order chi connectivity index (χ1) is 15.5. The zero-order chi connectivity index (χ0) is 23.3. The van der Waals surface area contributed by atoms with Gasteiger partial charge in [-0.25, -0.2) is 0 Å². The molecule has 1 aromatic rings. The van der Waals surface area contributed by atoms with Crippen molar-refractivity contribution < 1.29 is 23.9 Å². The van der Waals surface area contributed by atoms with Gasteiger partial charge in [-0.3, -0.25) is 24.5 Å². The van der Waals surface area contributed by atoms with Crippen molar-refractivity contribution in [3.63, 3.8) is 0 Å². The smallest absolute Gasteiger partial charge is 0.255 e. The Labute approximate surface area is 188 Å². The van der Waals surface area contributed by atoms with Crippen LogP contribution in [0.1, 0.15) is 42.1 Å². The van der Waals surface area contributed by atoms with E-state index in [1.165, 1.54) is 4.90 Å². The van der Waals surface area contributed by atoms with E-state index in [2.05, 4.69) is 21.3 Å². The lowest BCUT2D eigenvalue weighted by Crippen LogP contribution is -2.46. The van der Waals surface area contributed by atoms with Crippen LogP contribution in [-0.2, 0) is 25.7 Å². The molecule has 0 fully saturated rings. The second-order valence-electron chi connectivity index (χ2n) is 7.46. The van der Waals surface area contributed by atoms with E-state index in [1.54, 1.807) is 18.2 Å². The minimum Gasteiger partial charge on any atom is -0.379 e. The number of fused-ring (bicyclic) bond motifs is 1. The topological polar surface area (TPSA) is 129 Å². The lowest BCUT2D eigenvalue weighted by Gasteiger charge is -2.25. The lowest BCUT2D eigenvalue weighted by molar-refractivity contribution is -0.129. The number of likely N-dealkylation sites (N-methyl/N-ethyl adjacent to an activating group) is 1. The van der Waals surface area contributed by atoms with E-state index in [-0.39, 0.29) is 24.8 Å². The number of anilines is 1. The predicted molar refractivity (Wildman–Crippen MR) is 120 cm³/mol. The molecular formula is C22H33N5O5. The van der Waals surface area contributed by atoms with E-state index in [0.29, 0.717) is 62.4 Å². The fraction of sp³-hybridized carbons (Fsp3) is 0.545. The molecule has 1 unspecified atom stereocenters. The van der Waals surface area contributed by atoms with Crippen LogP contribution in [0.5, 0.6) is 0 Å². The van der Waals surface area contributed by atoms with Gasteiger partial charge < -0.3 is 25.6 Å². The molecule has 32 heavy (non-hydrogen) atoms. The molecule has 4 amide bonds. The summed E-state index contributed by atoms with van der Waals surface area (Å²) < 4.78 is 5.41. The molecule has 176 valence electrons. The maximum atomic E-state index is 12.9. The van der Waals surface area contributed by atoms with Crippen LogP contribution < -0.4 is 21.3 Å². The number of hydrogen-bond acceptors (Lipinski definition) is 7. The van der Waals surface area contributed by atoms with E-state index in [0.717, 1.165) is 6.54 Å². The molecule has 4 N–H and O–H groups in total. The van der Waals surface area contributed by atoms with Crippen LogP contribution in [0.3, 0.4) is 0 Å². The summed E-state index contributed by atoms with van der Waals surface area (Å²) in [6.45, 7) is 5.28. The van der Waals surface area contributed by atoms with Crippen LogP contribution in [0.25, 0.3) is 0 Å². The number of ether oxygens (including phenoxy) is 1. The van der Waals surface area contributed by atoms with Crippen molar-refractivity contribution in [2.24, 2.45) is 0 Å². The van der Waals surface area contributed by atoms with Gasteiger partial charge in [0.05, 0.1) is 13.2 Å². The first-order valence-corrected chi connectivity index (χ1v) is 10.9. The standard InChI is InChI=1S/C22H33N5O5/c1-3-5-19(21(30)25-15-28)27-14-17-16(22(27)31)6-4-7-18(17)26-20(29)8-9-24-11-13-32-12-10-23-2/h4,6-7,15,19,23-24H,3,5,8-14H2,1-2H3,(H,26,29)(H,25,28,30). The molecule has 0 saturated heterocycles. The lowest BCUT2D eigenvalue weighted by atomic mass is 10.1. The maximum absolute atomic E-state index is 12.9. The van der Waals surface area contributed by atoms with Gasteiger partial charge >= 0.3 is 0 Å². The normalized spacial score (nSPS) is 13.6. The summed E-state index contributed by atoms with van der Waals surface area (Å²) >= 11 is 0. The summed E-state index contributed by atoms with van der Waals surface area (Å²) in [5.41, 5.74) is 1.70. The Morgan fingerprint density at radius 2 is 2.00 bits per heavy atom. The Bertz CT molecular complexity index is 801. The number of rotatable bonds is 15. The number of nitrogens with zero attached hydrogens (tertiary/aromatic N) is 1. The number of imide groups is 1. The number of carbonyl (C=O) groups excluding carboxylic acids is 4. The van der Waals surface area contributed by atoms with Gasteiger partial charge in [0.2, 0.25) is 18.2 Å². The minimum atomic E-state index is -0.742. The van der Waals surface area contributed by atoms with Crippen LogP contribution in [0.2, 0.25) is 0 Å². The second-order valence-corrected chi connectivity index (χ2v) is 7.46. The molecule has 10 nitrogen and oxygen atoms in total. The van der Waals surface area contributed by atoms with E-state index in [1.807, 2.05) is 14.0 Å². The van der Waals surface area contributed by atoms with Crippen LogP contribution in [0, 0.1) is 0 Å². The molecule has 1 atom stereocenters. The first-order valence-electron chi connectivity index (χ1n) is 10.9. The molecule has 1 aromatic carbocycles. The van der Waals surface area contributed by atoms with Gasteiger partial charge in [-0.05, 0) is 25.6 Å². The summed E-state index contributed by atoms with van der Waals surface area (Å²) in [6, 6.07) is 4.39. The number of hydrogen-bond donors (Lipinski definition) is 4. The molecule has 1 heterocycles. The highest BCUT2D eigenvalue weighted by Crippen LogP contribution is 2.31. The van der Waals surface area contributed by atoms with Crippen molar-refractivity contribution in [3.05, 3.63) is 29.3 Å². The summed E-state index contributed by atoms with van der Waals surface area (Å²) in [4.78, 5) is 49.8. The number of nitrogens with one attached hydrogen (secondary N) is 4. The Morgan fingerprint density at radius 1 is 1.22 bits per heavy atom. The van der Waals surface area contributed by atoms with E-state index < -0.39 is 11.9 Å². The van der Waals surface area contributed by atoms with Gasteiger partial charge in [-0.2, -0.15) is 0 Å². The molecule has 10 heteroatoms. The Balaban J connectivity index is 1.92. The number of carbonyl (C=O) groups is 4. The molecule has 0 bridgehead atoms. The highest BCUT2D eigenvalue weighted by molar-refractivity contribution is 6.04. The first kappa shape index (κ1) is 25.4. The molecule has 0 spiro atoms. The Hall–Kier alpha value is -2.82. The number of amides is 4. The molecule has 1 aliphatic heterocycles. The molecule has 0 radical (unpaired) electrons. The monoisotopic (exact) mass is 447 g/mol. The van der Waals surface area contributed by atoms with E-state index in [9.17, 15) is 19.2 Å². The van der Waals surface area contributed by atoms with Crippen LogP contribution in [0.4, 0.5) is 5.69 Å². The van der Waals surface area contributed by atoms with Crippen molar-refractivity contribution in [2.45, 2.75) is 38.8 Å². The average molecular weight is 448 g/mol. The third kappa shape index (κ3) is 7.11. The number of benzene rings is 1. The van der Waals surface area contributed by atoms with Crippen molar-refractivity contribution >= 4 is 29.8 Å². The second kappa shape index (κ2) is 13.6. The summed E-state index contributed by atoms with van der Waals surface area (Å²) in [5, 5.41) is 11.2. The third-order valence-corrected chi connectivity index (χ3v) is 5.16. The summed E-state index contributed by atoms with van der Waals surface area (Å²) in [5.74, 6) is -0.957. The maximum Gasteiger partial charge on any atom is 0.255 e. The molecular weight excluding hydrogens is 414 g/mol. The summed E-state index contributed by atoms with van der Waals surface area (Å²) in [6.07, 6.45) is 1.71. The zero-order valence-corrected chi connectivity index (χ0v) is 18.7. The van der Waals surface area contributed by atoms with E-state index in [4.69, 9.17) is 4.74 Å². The van der Waals surface area contributed by atoms with Gasteiger partial charge in [-0.1, -0.05) is 19.4 Å². The van der Waals surface area contributed by atoms with Crippen LogP contribution in [-0.4, -0.2) is 75.0 Å². The van der Waals surface area contributed by atoms with E-state index >= 15 is 0 Å². The van der Waals surface area contributed by atoms with Crippen LogP contribution in [0.15, 0.2) is 18.2 Å². The molecule has 1 aliphatic rings. The largest absolute Gasteiger partial charge is 0.379 e. The van der Waals surface area contributed by atoms with Gasteiger partial charge in [0.15, 0.2) is 0 Å². The molecule has 0 saturated carbocycles. The molecule has 2 rings (SSSR count). The van der Waals surface area contributed by atoms with Crippen molar-refractivity contribution in [1.29, 1.82) is 0 Å². The molecule has 0 aromatic heterocycles. The Kier molecular flexibility index (Phi) is 10.8. The van der Waals surface area contributed by atoms with Crippen molar-refractivity contribution in [3.8, 4) is 0 Å². The quantitative estimate of drug-likeness (QED) is 0.224. The minimum absolute atomic E-state index is 0.170. The van der Waals surface area contributed by atoms with Crippen molar-refractivity contribution in [2.75, 3.05) is 45.2 Å². The van der Waals surface area contributed by atoms with Gasteiger partial charge in [0, 0.05) is 49.4 Å². The van der Waals surface area contributed by atoms with Gasteiger partial charge in [0.25, 0.3) is 5.91 Å².